The quantitative estimate of drug-likeness (QED) is 0.252. The topological polar surface area (TPSA) is 145 Å². The first-order valence-electron chi connectivity index (χ1n) is 12.3. The van der Waals surface area contributed by atoms with Gasteiger partial charge in [-0.15, -0.1) is 0 Å². The lowest BCUT2D eigenvalue weighted by Gasteiger charge is -2.25. The number of nitrogens with zero attached hydrogens (tertiary/aromatic N) is 1. The Balaban J connectivity index is 1.73. The maximum absolute atomic E-state index is 13.2. The van der Waals surface area contributed by atoms with Crippen LogP contribution in [-0.4, -0.2) is 35.5 Å². The zero-order chi connectivity index (χ0) is 27.8. The fourth-order valence-corrected chi connectivity index (χ4v) is 4.29. The zero-order valence-electron chi connectivity index (χ0n) is 21.4. The minimum Gasteiger partial charge on any atom is -0.346 e. The van der Waals surface area contributed by atoms with E-state index in [9.17, 15) is 24.0 Å². The summed E-state index contributed by atoms with van der Waals surface area (Å²) in [5.74, 6) is -4.94. The van der Waals surface area contributed by atoms with Gasteiger partial charge in [-0.05, 0) is 35.3 Å². The number of benzene rings is 2. The molecule has 38 heavy (non-hydrogen) atoms. The molecule has 4 atom stereocenters. The largest absolute Gasteiger partial charge is 0.346 e. The molecule has 0 spiro atoms. The maximum atomic E-state index is 13.2. The molecule has 0 bridgehead atoms. The molecule has 196 valence electrons. The van der Waals surface area contributed by atoms with Crippen LogP contribution in [0.5, 0.6) is 0 Å². The molecule has 1 saturated heterocycles. The minimum absolute atomic E-state index is 0.157. The van der Waals surface area contributed by atoms with Gasteiger partial charge in [-0.25, -0.2) is 0 Å². The Hall–Kier alpha value is -4.58. The number of carbonyl (C=O) groups excluding carboxylic acids is 5. The van der Waals surface area contributed by atoms with Gasteiger partial charge in [0.05, 0.1) is 36.1 Å². The molecule has 1 aliphatic rings. The van der Waals surface area contributed by atoms with Gasteiger partial charge in [-0.3, -0.25) is 29.3 Å². The second-order valence-electron chi connectivity index (χ2n) is 9.56. The molecule has 0 saturated carbocycles. The number of carbonyl (C=O) groups is 5. The van der Waals surface area contributed by atoms with Crippen LogP contribution in [0.4, 0.5) is 0 Å². The fraction of sp³-hybridized carbons (Fsp3) is 0.310. The van der Waals surface area contributed by atoms with E-state index in [1.807, 2.05) is 12.1 Å². The number of imide groups is 1. The van der Waals surface area contributed by atoms with Crippen molar-refractivity contribution in [1.82, 2.24) is 16.0 Å². The van der Waals surface area contributed by atoms with Gasteiger partial charge in [0, 0.05) is 6.08 Å². The van der Waals surface area contributed by atoms with Crippen molar-refractivity contribution in [3.05, 3.63) is 77.4 Å². The number of ketones is 1. The summed E-state index contributed by atoms with van der Waals surface area (Å²) in [6, 6.07) is 16.1. The fourth-order valence-electron chi connectivity index (χ4n) is 4.29. The Morgan fingerprint density at radius 2 is 1.74 bits per heavy atom. The number of nitriles is 1. The van der Waals surface area contributed by atoms with Crippen LogP contribution >= 0.6 is 0 Å². The van der Waals surface area contributed by atoms with E-state index in [-0.39, 0.29) is 12.3 Å². The van der Waals surface area contributed by atoms with Crippen LogP contribution in [-0.2, 0) is 24.0 Å². The van der Waals surface area contributed by atoms with E-state index in [1.165, 1.54) is 13.0 Å². The lowest BCUT2D eigenvalue weighted by molar-refractivity contribution is -0.137. The van der Waals surface area contributed by atoms with Crippen molar-refractivity contribution in [3.63, 3.8) is 0 Å². The molecule has 0 aliphatic carbocycles. The molecule has 0 aromatic heterocycles. The molecule has 2 aromatic carbocycles. The summed E-state index contributed by atoms with van der Waals surface area (Å²) in [6.07, 6.45) is 2.73. The molecule has 1 heterocycles. The predicted octanol–water partition coefficient (Wildman–Crippen LogP) is 2.44. The summed E-state index contributed by atoms with van der Waals surface area (Å²) in [5, 5.41) is 16.8. The van der Waals surface area contributed by atoms with Gasteiger partial charge < -0.3 is 10.6 Å². The number of hydrogen-bond acceptors (Lipinski definition) is 6. The molecular formula is C29H30N4O5. The van der Waals surface area contributed by atoms with Gasteiger partial charge in [-0.2, -0.15) is 5.26 Å². The van der Waals surface area contributed by atoms with Gasteiger partial charge in [0.15, 0.2) is 5.78 Å². The van der Waals surface area contributed by atoms with Crippen LogP contribution < -0.4 is 16.0 Å². The Morgan fingerprint density at radius 3 is 2.34 bits per heavy atom. The van der Waals surface area contributed by atoms with Crippen molar-refractivity contribution in [2.24, 2.45) is 17.8 Å². The molecule has 0 radical (unpaired) electrons. The zero-order valence-corrected chi connectivity index (χ0v) is 21.4. The standard InChI is InChI=1S/C29H30N4O5/c1-17(2)26(27(36)25-18(3)28(37)33-29(25)38)32-24(35)15-22(21-10-5-4-6-11-21)31-23(34)13-12-19-8-7-9-20(14-19)16-30/h4-14,17-18,22,25-26H,15H2,1-3H3,(H,31,34)(H,32,35)(H,33,37,38)/b13-12+/t18-,22-,25+,26-/m0/s1. The monoisotopic (exact) mass is 514 g/mol. The molecule has 2 aromatic rings. The third-order valence-electron chi connectivity index (χ3n) is 6.39. The summed E-state index contributed by atoms with van der Waals surface area (Å²) in [5.41, 5.74) is 1.84. The SMILES string of the molecule is CC(C)[C@H](NC(=O)C[C@H](NC(=O)/C=C/c1cccc(C#N)c1)c1ccccc1)C(=O)[C@@H]1C(=O)NC(=O)[C@H]1C. The van der Waals surface area contributed by atoms with Crippen LogP contribution in [0.2, 0.25) is 0 Å². The van der Waals surface area contributed by atoms with E-state index < -0.39 is 53.3 Å². The lowest BCUT2D eigenvalue weighted by atomic mass is 9.85. The van der Waals surface area contributed by atoms with E-state index in [4.69, 9.17) is 5.26 Å². The van der Waals surface area contributed by atoms with E-state index in [0.29, 0.717) is 16.7 Å². The van der Waals surface area contributed by atoms with Gasteiger partial charge in [0.25, 0.3) is 0 Å². The van der Waals surface area contributed by atoms with Gasteiger partial charge in [0.1, 0.15) is 5.92 Å². The molecule has 3 rings (SSSR count). The van der Waals surface area contributed by atoms with Crippen molar-refractivity contribution in [1.29, 1.82) is 5.26 Å². The van der Waals surface area contributed by atoms with Crippen LogP contribution in [0.15, 0.2) is 60.7 Å². The molecule has 0 unspecified atom stereocenters. The third-order valence-corrected chi connectivity index (χ3v) is 6.39. The number of nitrogens with one attached hydrogen (secondary N) is 3. The normalized spacial score (nSPS) is 18.5. The Morgan fingerprint density at radius 1 is 1.03 bits per heavy atom. The maximum Gasteiger partial charge on any atom is 0.244 e. The Labute approximate surface area is 221 Å². The van der Waals surface area contributed by atoms with Gasteiger partial charge in [-0.1, -0.05) is 63.2 Å². The molecule has 3 N–H and O–H groups in total. The summed E-state index contributed by atoms with van der Waals surface area (Å²) < 4.78 is 0. The van der Waals surface area contributed by atoms with Crippen molar-refractivity contribution in [2.75, 3.05) is 0 Å². The highest BCUT2D eigenvalue weighted by atomic mass is 16.2. The first-order valence-corrected chi connectivity index (χ1v) is 12.3. The van der Waals surface area contributed by atoms with E-state index in [1.54, 1.807) is 68.5 Å². The first kappa shape index (κ1) is 28.0. The molecule has 1 aliphatic heterocycles. The summed E-state index contributed by atoms with van der Waals surface area (Å²) in [7, 11) is 0. The number of rotatable bonds is 10. The highest BCUT2D eigenvalue weighted by molar-refractivity contribution is 6.16. The summed E-state index contributed by atoms with van der Waals surface area (Å²) in [4.78, 5) is 63.0. The molecule has 9 heteroatoms. The first-order chi connectivity index (χ1) is 18.1. The van der Waals surface area contributed by atoms with Gasteiger partial charge in [0.2, 0.25) is 23.6 Å². The predicted molar refractivity (Wildman–Crippen MR) is 140 cm³/mol. The number of Topliss-reactive ketones (excluding diaryl/α,β-unsaturated/α-hetero) is 1. The van der Waals surface area contributed by atoms with Crippen LogP contribution in [0.25, 0.3) is 6.08 Å². The molecule has 4 amide bonds. The molecular weight excluding hydrogens is 484 g/mol. The number of amides is 4. The lowest BCUT2D eigenvalue weighted by Crippen LogP contribution is -2.49. The van der Waals surface area contributed by atoms with Crippen LogP contribution in [0.1, 0.15) is 49.9 Å². The molecule has 9 nitrogen and oxygen atoms in total. The minimum atomic E-state index is -1.16. The van der Waals surface area contributed by atoms with Crippen molar-refractivity contribution in [2.45, 2.75) is 39.3 Å². The third kappa shape index (κ3) is 7.01. The van der Waals surface area contributed by atoms with Gasteiger partial charge >= 0.3 is 0 Å². The average molecular weight is 515 g/mol. The highest BCUT2D eigenvalue weighted by Gasteiger charge is 2.46. The second kappa shape index (κ2) is 12.6. The Kier molecular flexibility index (Phi) is 9.28. The van der Waals surface area contributed by atoms with Crippen LogP contribution in [0, 0.1) is 29.1 Å². The van der Waals surface area contributed by atoms with E-state index >= 15 is 0 Å². The smallest absolute Gasteiger partial charge is 0.244 e. The van der Waals surface area contributed by atoms with E-state index in [2.05, 4.69) is 16.0 Å². The molecule has 1 fully saturated rings. The van der Waals surface area contributed by atoms with Crippen molar-refractivity contribution in [3.8, 4) is 6.07 Å². The van der Waals surface area contributed by atoms with Crippen molar-refractivity contribution < 1.29 is 24.0 Å². The summed E-state index contributed by atoms with van der Waals surface area (Å²) in [6.45, 7) is 4.99. The Bertz CT molecular complexity index is 1300. The van der Waals surface area contributed by atoms with E-state index in [0.717, 1.165) is 0 Å². The highest BCUT2D eigenvalue weighted by Crippen LogP contribution is 2.24. The summed E-state index contributed by atoms with van der Waals surface area (Å²) >= 11 is 0. The number of hydrogen-bond donors (Lipinski definition) is 3. The van der Waals surface area contributed by atoms with Crippen molar-refractivity contribution >= 4 is 35.5 Å². The van der Waals surface area contributed by atoms with Crippen LogP contribution in [0.3, 0.4) is 0 Å². The second-order valence-corrected chi connectivity index (χ2v) is 9.56. The average Bonchev–Trinajstić information content (AvgIpc) is 3.16.